The van der Waals surface area contributed by atoms with Crippen molar-refractivity contribution < 1.29 is 13.2 Å². The van der Waals surface area contributed by atoms with Crippen molar-refractivity contribution in [3.63, 3.8) is 0 Å². The SMILES string of the molecule is CC1(NC(=O)c2cc(S)cs2)CCS(=O)(=O)C1. The predicted molar refractivity (Wildman–Crippen MR) is 70.7 cm³/mol. The van der Waals surface area contributed by atoms with E-state index in [-0.39, 0.29) is 17.4 Å². The zero-order chi connectivity index (χ0) is 12.7. The Morgan fingerprint density at radius 3 is 2.76 bits per heavy atom. The van der Waals surface area contributed by atoms with Crippen LogP contribution in [0.2, 0.25) is 0 Å². The summed E-state index contributed by atoms with van der Waals surface area (Å²) >= 11 is 5.43. The van der Waals surface area contributed by atoms with Crippen LogP contribution in [0.25, 0.3) is 0 Å². The Labute approximate surface area is 110 Å². The highest BCUT2D eigenvalue weighted by Gasteiger charge is 2.39. The number of rotatable bonds is 2. The summed E-state index contributed by atoms with van der Waals surface area (Å²) in [6.45, 7) is 1.77. The van der Waals surface area contributed by atoms with Crippen molar-refractivity contribution >= 4 is 39.7 Å². The largest absolute Gasteiger partial charge is 0.345 e. The second kappa shape index (κ2) is 4.29. The molecule has 1 fully saturated rings. The molecule has 1 aromatic rings. The van der Waals surface area contributed by atoms with Gasteiger partial charge in [-0.05, 0) is 19.4 Å². The van der Waals surface area contributed by atoms with E-state index >= 15 is 0 Å². The molecule has 1 aromatic heterocycles. The fourth-order valence-corrected chi connectivity index (χ4v) is 5.03. The lowest BCUT2D eigenvalue weighted by Gasteiger charge is -2.23. The summed E-state index contributed by atoms with van der Waals surface area (Å²) in [5, 5.41) is 4.57. The van der Waals surface area contributed by atoms with E-state index in [1.165, 1.54) is 11.3 Å². The third kappa shape index (κ3) is 3.02. The van der Waals surface area contributed by atoms with Gasteiger partial charge in [-0.15, -0.1) is 24.0 Å². The van der Waals surface area contributed by atoms with E-state index in [0.29, 0.717) is 11.3 Å². The van der Waals surface area contributed by atoms with E-state index in [1.54, 1.807) is 18.4 Å². The first-order valence-electron chi connectivity index (χ1n) is 5.10. The minimum absolute atomic E-state index is 0.0187. The van der Waals surface area contributed by atoms with Crippen molar-refractivity contribution in [2.75, 3.05) is 11.5 Å². The van der Waals surface area contributed by atoms with Gasteiger partial charge in [0.05, 0.1) is 21.9 Å². The second-order valence-electron chi connectivity index (χ2n) is 4.53. The molecule has 0 radical (unpaired) electrons. The fraction of sp³-hybridized carbons (Fsp3) is 0.500. The van der Waals surface area contributed by atoms with E-state index in [1.807, 2.05) is 0 Å². The summed E-state index contributed by atoms with van der Waals surface area (Å²) in [6, 6.07) is 1.68. The van der Waals surface area contributed by atoms with Crippen LogP contribution in [0.1, 0.15) is 23.0 Å². The van der Waals surface area contributed by atoms with E-state index in [9.17, 15) is 13.2 Å². The van der Waals surface area contributed by atoms with Crippen molar-refractivity contribution in [3.05, 3.63) is 16.3 Å². The van der Waals surface area contributed by atoms with Crippen molar-refractivity contribution in [2.24, 2.45) is 0 Å². The highest BCUT2D eigenvalue weighted by atomic mass is 32.2. The Morgan fingerprint density at radius 1 is 1.59 bits per heavy atom. The monoisotopic (exact) mass is 291 g/mol. The van der Waals surface area contributed by atoms with Gasteiger partial charge >= 0.3 is 0 Å². The Bertz CT molecular complexity index is 549. The van der Waals surface area contributed by atoms with Crippen LogP contribution in [0, 0.1) is 0 Å². The first-order chi connectivity index (χ1) is 7.80. The normalized spacial score (nSPS) is 26.9. The molecule has 4 nitrogen and oxygen atoms in total. The summed E-state index contributed by atoms with van der Waals surface area (Å²) in [5.74, 6) is -0.0634. The maximum absolute atomic E-state index is 11.9. The van der Waals surface area contributed by atoms with Gasteiger partial charge in [-0.1, -0.05) is 0 Å². The summed E-state index contributed by atoms with van der Waals surface area (Å²) in [6.07, 6.45) is 0.472. The van der Waals surface area contributed by atoms with Gasteiger partial charge < -0.3 is 5.32 Å². The number of carbonyl (C=O) groups is 1. The maximum Gasteiger partial charge on any atom is 0.261 e. The molecule has 0 saturated carbocycles. The number of thiol groups is 1. The molecular weight excluding hydrogens is 278 g/mol. The number of hydrogen-bond acceptors (Lipinski definition) is 5. The van der Waals surface area contributed by atoms with Gasteiger partial charge in [0.1, 0.15) is 0 Å². The minimum Gasteiger partial charge on any atom is -0.345 e. The Kier molecular flexibility index (Phi) is 3.26. The first-order valence-corrected chi connectivity index (χ1v) is 8.25. The van der Waals surface area contributed by atoms with Crippen LogP contribution in [0.4, 0.5) is 0 Å². The number of amides is 1. The predicted octanol–water partition coefficient (Wildman–Crippen LogP) is 1.34. The Hall–Kier alpha value is -0.530. The van der Waals surface area contributed by atoms with Gasteiger partial charge in [-0.25, -0.2) is 8.42 Å². The molecule has 1 saturated heterocycles. The molecule has 1 amide bonds. The summed E-state index contributed by atoms with van der Waals surface area (Å²) in [5.41, 5.74) is -0.642. The average Bonchev–Trinajstić information content (AvgIpc) is 2.71. The smallest absolute Gasteiger partial charge is 0.261 e. The lowest BCUT2D eigenvalue weighted by Crippen LogP contribution is -2.46. The topological polar surface area (TPSA) is 63.2 Å². The second-order valence-corrected chi connectivity index (χ2v) is 8.14. The molecule has 1 aliphatic rings. The van der Waals surface area contributed by atoms with Crippen molar-refractivity contribution in [2.45, 2.75) is 23.8 Å². The van der Waals surface area contributed by atoms with Crippen LogP contribution in [0.15, 0.2) is 16.3 Å². The molecule has 17 heavy (non-hydrogen) atoms. The molecule has 1 atom stereocenters. The van der Waals surface area contributed by atoms with Crippen LogP contribution in [0.5, 0.6) is 0 Å². The number of carbonyl (C=O) groups excluding carboxylic acids is 1. The highest BCUT2D eigenvalue weighted by molar-refractivity contribution is 7.91. The van der Waals surface area contributed by atoms with Crippen LogP contribution in [-0.4, -0.2) is 31.4 Å². The Balaban J connectivity index is 2.10. The van der Waals surface area contributed by atoms with E-state index < -0.39 is 15.4 Å². The molecule has 0 aromatic carbocycles. The maximum atomic E-state index is 11.9. The highest BCUT2D eigenvalue weighted by Crippen LogP contribution is 2.24. The quantitative estimate of drug-likeness (QED) is 0.808. The van der Waals surface area contributed by atoms with Gasteiger partial charge in [0, 0.05) is 10.3 Å². The average molecular weight is 291 g/mol. The third-order valence-electron chi connectivity index (χ3n) is 2.73. The van der Waals surface area contributed by atoms with Crippen molar-refractivity contribution in [1.82, 2.24) is 5.32 Å². The molecular formula is C10H13NO3S3. The van der Waals surface area contributed by atoms with Gasteiger partial charge in [-0.3, -0.25) is 4.79 Å². The van der Waals surface area contributed by atoms with Gasteiger partial charge in [0.25, 0.3) is 5.91 Å². The zero-order valence-corrected chi connectivity index (χ0v) is 11.8. The number of hydrogen-bond donors (Lipinski definition) is 2. The molecule has 1 unspecified atom stereocenters. The van der Waals surface area contributed by atoms with E-state index in [0.717, 1.165) is 4.90 Å². The van der Waals surface area contributed by atoms with Crippen molar-refractivity contribution in [3.8, 4) is 0 Å². The molecule has 0 spiro atoms. The molecule has 2 heterocycles. The van der Waals surface area contributed by atoms with E-state index in [2.05, 4.69) is 17.9 Å². The molecule has 0 bridgehead atoms. The number of sulfone groups is 1. The summed E-state index contributed by atoms with van der Waals surface area (Å²) < 4.78 is 22.8. The molecule has 2 rings (SSSR count). The molecule has 0 aliphatic carbocycles. The van der Waals surface area contributed by atoms with Crippen LogP contribution < -0.4 is 5.32 Å². The molecule has 94 valence electrons. The van der Waals surface area contributed by atoms with Gasteiger partial charge in [0.15, 0.2) is 9.84 Å². The van der Waals surface area contributed by atoms with Crippen molar-refractivity contribution in [1.29, 1.82) is 0 Å². The number of thiophene rings is 1. The molecule has 7 heteroatoms. The Morgan fingerprint density at radius 2 is 2.29 bits per heavy atom. The minimum atomic E-state index is -3.00. The van der Waals surface area contributed by atoms with E-state index in [4.69, 9.17) is 0 Å². The lowest BCUT2D eigenvalue weighted by molar-refractivity contribution is 0.0919. The first kappa shape index (κ1) is 12.9. The summed E-state index contributed by atoms with van der Waals surface area (Å²) in [4.78, 5) is 13.2. The molecule has 1 N–H and O–H groups in total. The molecule has 1 aliphatic heterocycles. The van der Waals surface area contributed by atoms with Crippen LogP contribution >= 0.6 is 24.0 Å². The lowest BCUT2D eigenvalue weighted by atomic mass is 10.0. The standard InChI is InChI=1S/C10H13NO3S3/c1-10(2-3-17(13,14)6-10)11-9(12)8-4-7(15)5-16-8/h4-5,15H,2-3,6H2,1H3,(H,11,12). The van der Waals surface area contributed by atoms with Gasteiger partial charge in [-0.2, -0.15) is 0 Å². The number of nitrogens with one attached hydrogen (secondary N) is 1. The van der Waals surface area contributed by atoms with Crippen LogP contribution in [-0.2, 0) is 9.84 Å². The fourth-order valence-electron chi connectivity index (χ4n) is 1.89. The third-order valence-corrected chi connectivity index (χ3v) is 5.99. The summed E-state index contributed by atoms with van der Waals surface area (Å²) in [7, 11) is -3.00. The van der Waals surface area contributed by atoms with Gasteiger partial charge in [0.2, 0.25) is 0 Å². The van der Waals surface area contributed by atoms with Crippen LogP contribution in [0.3, 0.4) is 0 Å². The zero-order valence-electron chi connectivity index (χ0n) is 9.26.